The minimum Gasteiger partial charge on any atom is -0.379 e. The molecule has 1 atom stereocenters. The molecule has 1 aromatic carbocycles. The van der Waals surface area contributed by atoms with Gasteiger partial charge in [-0.2, -0.15) is 5.10 Å². The number of nitrogens with one attached hydrogen (secondary N) is 1. The Hall–Kier alpha value is -1.46. The fourth-order valence-corrected chi connectivity index (χ4v) is 3.03. The third kappa shape index (κ3) is 2.24. The van der Waals surface area contributed by atoms with Crippen LogP contribution in [0.2, 0.25) is 0 Å². The van der Waals surface area contributed by atoms with Crippen molar-refractivity contribution in [1.29, 1.82) is 0 Å². The van der Waals surface area contributed by atoms with Crippen LogP contribution in [0, 0.1) is 4.77 Å². The van der Waals surface area contributed by atoms with E-state index in [4.69, 9.17) is 17.0 Å². The minimum absolute atomic E-state index is 0.118. The number of hydrogen-bond acceptors (Lipinski definition) is 3. The number of rotatable bonds is 2. The van der Waals surface area contributed by atoms with Crippen LogP contribution in [0.15, 0.2) is 30.3 Å². The highest BCUT2D eigenvalue weighted by Gasteiger charge is 2.32. The summed E-state index contributed by atoms with van der Waals surface area (Å²) in [4.78, 5) is 0. The average molecular weight is 275 g/mol. The predicted octanol–water partition coefficient (Wildman–Crippen LogP) is 3.13. The van der Waals surface area contributed by atoms with Crippen molar-refractivity contribution in [1.82, 2.24) is 14.8 Å². The topological polar surface area (TPSA) is 42.8 Å². The highest BCUT2D eigenvalue weighted by molar-refractivity contribution is 7.71. The summed E-state index contributed by atoms with van der Waals surface area (Å²) in [7, 11) is 0. The van der Waals surface area contributed by atoms with E-state index >= 15 is 0 Å². The van der Waals surface area contributed by atoms with E-state index in [1.807, 2.05) is 18.2 Å². The van der Waals surface area contributed by atoms with Crippen LogP contribution < -0.4 is 0 Å². The van der Waals surface area contributed by atoms with Crippen LogP contribution >= 0.6 is 12.2 Å². The zero-order valence-electron chi connectivity index (χ0n) is 10.9. The number of hydrogen-bond donors (Lipinski definition) is 1. The van der Waals surface area contributed by atoms with E-state index in [1.54, 1.807) is 0 Å². The zero-order valence-corrected chi connectivity index (χ0v) is 11.7. The molecule has 2 aromatic rings. The normalized spacial score (nSPS) is 23.4. The van der Waals surface area contributed by atoms with Crippen molar-refractivity contribution >= 4 is 12.2 Å². The molecule has 0 aliphatic carbocycles. The molecule has 5 heteroatoms. The standard InChI is InChI=1S/C14H17N3OS/c1-14(8-5-9-18-10-14)17-12(15-16-13(17)19)11-6-3-2-4-7-11/h2-4,6-7H,5,8-10H2,1H3,(H,16,19). The minimum atomic E-state index is -0.118. The van der Waals surface area contributed by atoms with Crippen LogP contribution in [0.5, 0.6) is 0 Å². The van der Waals surface area contributed by atoms with Crippen LogP contribution in [0.4, 0.5) is 0 Å². The Morgan fingerprint density at radius 2 is 2.16 bits per heavy atom. The molecule has 1 saturated heterocycles. The van der Waals surface area contributed by atoms with Crippen LogP contribution in [0.25, 0.3) is 11.4 Å². The molecule has 1 aliphatic rings. The zero-order chi connectivity index (χ0) is 13.3. The molecular weight excluding hydrogens is 258 g/mol. The number of aromatic amines is 1. The van der Waals surface area contributed by atoms with E-state index in [-0.39, 0.29) is 5.54 Å². The van der Waals surface area contributed by atoms with Gasteiger partial charge in [-0.25, -0.2) is 0 Å². The Kier molecular flexibility index (Phi) is 3.24. The number of nitrogens with zero attached hydrogens (tertiary/aromatic N) is 2. The molecule has 0 radical (unpaired) electrons. The summed E-state index contributed by atoms with van der Waals surface area (Å²) in [6.45, 7) is 3.70. The second-order valence-corrected chi connectivity index (χ2v) is 5.59. The van der Waals surface area contributed by atoms with E-state index in [0.29, 0.717) is 11.4 Å². The van der Waals surface area contributed by atoms with E-state index in [9.17, 15) is 0 Å². The van der Waals surface area contributed by atoms with Gasteiger partial charge in [-0.15, -0.1) is 0 Å². The first kappa shape index (κ1) is 12.6. The Morgan fingerprint density at radius 3 is 2.84 bits per heavy atom. The first-order valence-electron chi connectivity index (χ1n) is 6.52. The van der Waals surface area contributed by atoms with Gasteiger partial charge in [0.05, 0.1) is 12.1 Å². The van der Waals surface area contributed by atoms with Crippen LogP contribution in [0.3, 0.4) is 0 Å². The van der Waals surface area contributed by atoms with Crippen molar-refractivity contribution in [3.8, 4) is 11.4 Å². The van der Waals surface area contributed by atoms with Gasteiger partial charge >= 0.3 is 0 Å². The third-order valence-corrected chi connectivity index (χ3v) is 3.94. The average Bonchev–Trinajstić information content (AvgIpc) is 2.83. The fraction of sp³-hybridized carbons (Fsp3) is 0.429. The molecule has 100 valence electrons. The van der Waals surface area contributed by atoms with E-state index in [0.717, 1.165) is 30.8 Å². The summed E-state index contributed by atoms with van der Waals surface area (Å²) in [5, 5.41) is 7.32. The summed E-state index contributed by atoms with van der Waals surface area (Å²) in [6.07, 6.45) is 2.11. The van der Waals surface area contributed by atoms with Crippen LogP contribution in [0.1, 0.15) is 19.8 Å². The van der Waals surface area contributed by atoms with Gasteiger partial charge in [0, 0.05) is 12.2 Å². The van der Waals surface area contributed by atoms with Crippen molar-refractivity contribution in [3.05, 3.63) is 35.1 Å². The van der Waals surface area contributed by atoms with E-state index < -0.39 is 0 Å². The summed E-state index contributed by atoms with van der Waals surface area (Å²) < 4.78 is 8.41. The fourth-order valence-electron chi connectivity index (χ4n) is 2.67. The molecule has 0 amide bonds. The number of H-pyrrole nitrogens is 1. The molecule has 1 unspecified atom stereocenters. The Morgan fingerprint density at radius 1 is 1.37 bits per heavy atom. The first-order valence-corrected chi connectivity index (χ1v) is 6.93. The largest absolute Gasteiger partial charge is 0.379 e. The molecule has 19 heavy (non-hydrogen) atoms. The summed E-state index contributed by atoms with van der Waals surface area (Å²) in [6, 6.07) is 10.1. The second kappa shape index (κ2) is 4.90. The van der Waals surface area contributed by atoms with Crippen LogP contribution in [-0.2, 0) is 10.3 Å². The summed E-state index contributed by atoms with van der Waals surface area (Å²) in [5.41, 5.74) is 0.953. The first-order chi connectivity index (χ1) is 9.21. The highest BCUT2D eigenvalue weighted by atomic mass is 32.1. The van der Waals surface area contributed by atoms with Crippen molar-refractivity contribution in [2.24, 2.45) is 0 Å². The maximum atomic E-state index is 5.65. The lowest BCUT2D eigenvalue weighted by Gasteiger charge is -2.35. The van der Waals surface area contributed by atoms with E-state index in [1.165, 1.54) is 0 Å². The molecule has 0 bridgehead atoms. The van der Waals surface area contributed by atoms with Gasteiger partial charge in [0.2, 0.25) is 0 Å². The van der Waals surface area contributed by atoms with Crippen molar-refractivity contribution in [2.45, 2.75) is 25.3 Å². The van der Waals surface area contributed by atoms with Crippen molar-refractivity contribution in [3.63, 3.8) is 0 Å². The van der Waals surface area contributed by atoms with Crippen molar-refractivity contribution < 1.29 is 4.74 Å². The summed E-state index contributed by atoms with van der Waals surface area (Å²) >= 11 is 5.41. The van der Waals surface area contributed by atoms with Gasteiger partial charge in [-0.05, 0) is 32.0 Å². The molecule has 3 rings (SSSR count). The lowest BCUT2D eigenvalue weighted by Crippen LogP contribution is -2.39. The van der Waals surface area contributed by atoms with Gasteiger partial charge in [0.15, 0.2) is 10.6 Å². The second-order valence-electron chi connectivity index (χ2n) is 5.21. The lowest BCUT2D eigenvalue weighted by molar-refractivity contribution is 0.00950. The van der Waals surface area contributed by atoms with Gasteiger partial charge in [0.25, 0.3) is 0 Å². The maximum Gasteiger partial charge on any atom is 0.196 e. The van der Waals surface area contributed by atoms with Crippen molar-refractivity contribution in [2.75, 3.05) is 13.2 Å². The Labute approximate surface area is 117 Å². The monoisotopic (exact) mass is 275 g/mol. The Bertz CT molecular complexity index is 611. The smallest absolute Gasteiger partial charge is 0.196 e. The highest BCUT2D eigenvalue weighted by Crippen LogP contribution is 2.31. The number of ether oxygens (including phenoxy) is 1. The SMILES string of the molecule is CC1(n2c(-c3ccccc3)n[nH]c2=S)CCCOC1. The summed E-state index contributed by atoms with van der Waals surface area (Å²) in [5.74, 6) is 0.888. The van der Waals surface area contributed by atoms with Gasteiger partial charge in [0.1, 0.15) is 0 Å². The van der Waals surface area contributed by atoms with Crippen LogP contribution in [-0.4, -0.2) is 28.0 Å². The quantitative estimate of drug-likeness (QED) is 0.856. The number of aromatic nitrogens is 3. The lowest BCUT2D eigenvalue weighted by atomic mass is 9.94. The molecular formula is C14H17N3OS. The molecule has 4 nitrogen and oxygen atoms in total. The van der Waals surface area contributed by atoms with E-state index in [2.05, 4.69) is 33.8 Å². The molecule has 1 aromatic heterocycles. The predicted molar refractivity (Wildman–Crippen MR) is 76.5 cm³/mol. The molecule has 1 aliphatic heterocycles. The molecule has 2 heterocycles. The Balaban J connectivity index is 2.11. The maximum absolute atomic E-state index is 5.65. The van der Waals surface area contributed by atoms with Gasteiger partial charge in [-0.1, -0.05) is 30.3 Å². The molecule has 0 saturated carbocycles. The third-order valence-electron chi connectivity index (χ3n) is 3.66. The molecule has 1 fully saturated rings. The van der Waals surface area contributed by atoms with Gasteiger partial charge in [-0.3, -0.25) is 9.67 Å². The molecule has 0 spiro atoms. The van der Waals surface area contributed by atoms with Gasteiger partial charge < -0.3 is 4.74 Å². The molecule has 1 N–H and O–H groups in total. The number of benzene rings is 1.